The smallest absolute Gasteiger partial charge is 0.190 e. The maximum atomic E-state index is 5.84. The Bertz CT molecular complexity index is 722. The van der Waals surface area contributed by atoms with Crippen molar-refractivity contribution < 1.29 is 0 Å². The molecule has 0 saturated carbocycles. The Labute approximate surface area is 128 Å². The van der Waals surface area contributed by atoms with Gasteiger partial charge in [-0.2, -0.15) is 0 Å². The monoisotopic (exact) mass is 295 g/mol. The second-order valence-electron chi connectivity index (χ2n) is 4.72. The Morgan fingerprint density at radius 3 is 2.62 bits per heavy atom. The fraction of sp³-hybridized carbons (Fsp3) is 0.118. The third kappa shape index (κ3) is 2.90. The molecule has 1 aromatic heterocycles. The van der Waals surface area contributed by atoms with Crippen molar-refractivity contribution in [1.82, 2.24) is 4.98 Å². The van der Waals surface area contributed by atoms with Crippen molar-refractivity contribution in [2.75, 3.05) is 17.2 Å². The average Bonchev–Trinajstić information content (AvgIpc) is 2.99. The van der Waals surface area contributed by atoms with Gasteiger partial charge in [-0.3, -0.25) is 0 Å². The molecule has 3 nitrogen and oxygen atoms in total. The molecule has 106 valence electrons. The standard InChI is InChI=1S/C17H17N3S/c1-2-20(15-9-4-3-5-10-15)17-19-16(12-21-17)13-7-6-8-14(18)11-13/h3-12H,2,18H2,1H3. The van der Waals surface area contributed by atoms with Gasteiger partial charge in [0.25, 0.3) is 0 Å². The van der Waals surface area contributed by atoms with Crippen LogP contribution in [0.25, 0.3) is 11.3 Å². The van der Waals surface area contributed by atoms with E-state index >= 15 is 0 Å². The van der Waals surface area contributed by atoms with E-state index in [4.69, 9.17) is 10.7 Å². The summed E-state index contributed by atoms with van der Waals surface area (Å²) in [6.07, 6.45) is 0. The van der Waals surface area contributed by atoms with Crippen molar-refractivity contribution in [2.24, 2.45) is 0 Å². The number of anilines is 3. The molecule has 0 aliphatic heterocycles. The summed E-state index contributed by atoms with van der Waals surface area (Å²) >= 11 is 1.65. The lowest BCUT2D eigenvalue weighted by atomic mass is 10.1. The van der Waals surface area contributed by atoms with Crippen LogP contribution in [-0.4, -0.2) is 11.5 Å². The first-order chi connectivity index (χ1) is 10.3. The molecule has 0 aliphatic rings. The van der Waals surface area contributed by atoms with E-state index in [0.29, 0.717) is 0 Å². The van der Waals surface area contributed by atoms with Gasteiger partial charge in [-0.1, -0.05) is 30.3 Å². The normalized spacial score (nSPS) is 10.5. The van der Waals surface area contributed by atoms with Crippen LogP contribution in [0.15, 0.2) is 60.0 Å². The van der Waals surface area contributed by atoms with Crippen LogP contribution in [0.1, 0.15) is 6.92 Å². The molecule has 0 atom stereocenters. The van der Waals surface area contributed by atoms with Gasteiger partial charge in [0.05, 0.1) is 5.69 Å². The zero-order valence-electron chi connectivity index (χ0n) is 11.9. The summed E-state index contributed by atoms with van der Waals surface area (Å²) < 4.78 is 0. The van der Waals surface area contributed by atoms with E-state index in [1.54, 1.807) is 11.3 Å². The van der Waals surface area contributed by atoms with Gasteiger partial charge < -0.3 is 10.6 Å². The lowest BCUT2D eigenvalue weighted by molar-refractivity contribution is 1.01. The molecular formula is C17H17N3S. The van der Waals surface area contributed by atoms with Crippen LogP contribution in [0.3, 0.4) is 0 Å². The van der Waals surface area contributed by atoms with Gasteiger partial charge in [-0.25, -0.2) is 4.98 Å². The molecule has 0 aliphatic carbocycles. The summed E-state index contributed by atoms with van der Waals surface area (Å²) in [7, 11) is 0. The molecule has 2 aromatic carbocycles. The van der Waals surface area contributed by atoms with Gasteiger partial charge >= 0.3 is 0 Å². The van der Waals surface area contributed by atoms with E-state index < -0.39 is 0 Å². The number of nitrogens with two attached hydrogens (primary N) is 1. The summed E-state index contributed by atoms with van der Waals surface area (Å²) in [5.41, 5.74) is 9.79. The van der Waals surface area contributed by atoms with Gasteiger partial charge in [0.15, 0.2) is 5.13 Å². The molecule has 0 unspecified atom stereocenters. The minimum absolute atomic E-state index is 0.762. The van der Waals surface area contributed by atoms with Crippen LogP contribution >= 0.6 is 11.3 Å². The highest BCUT2D eigenvalue weighted by molar-refractivity contribution is 7.14. The maximum absolute atomic E-state index is 5.84. The molecule has 0 bridgehead atoms. The van der Waals surface area contributed by atoms with Crippen LogP contribution in [0, 0.1) is 0 Å². The van der Waals surface area contributed by atoms with Crippen LogP contribution in [-0.2, 0) is 0 Å². The van der Waals surface area contributed by atoms with E-state index in [1.807, 2.05) is 42.5 Å². The van der Waals surface area contributed by atoms with Crippen molar-refractivity contribution in [2.45, 2.75) is 6.92 Å². The second-order valence-corrected chi connectivity index (χ2v) is 5.56. The Hall–Kier alpha value is -2.33. The molecule has 1 heterocycles. The second kappa shape index (κ2) is 5.97. The summed E-state index contributed by atoms with van der Waals surface area (Å²) in [6, 6.07) is 18.2. The highest BCUT2D eigenvalue weighted by Gasteiger charge is 2.12. The Balaban J connectivity index is 1.94. The number of nitrogens with zero attached hydrogens (tertiary/aromatic N) is 2. The number of para-hydroxylation sites is 1. The van der Waals surface area contributed by atoms with Crippen molar-refractivity contribution in [1.29, 1.82) is 0 Å². The third-order valence-electron chi connectivity index (χ3n) is 3.29. The molecule has 0 amide bonds. The number of hydrogen-bond donors (Lipinski definition) is 1. The van der Waals surface area contributed by atoms with E-state index in [-0.39, 0.29) is 0 Å². The molecule has 0 radical (unpaired) electrons. The predicted molar refractivity (Wildman–Crippen MR) is 91.1 cm³/mol. The molecule has 21 heavy (non-hydrogen) atoms. The Kier molecular flexibility index (Phi) is 3.88. The average molecular weight is 295 g/mol. The summed E-state index contributed by atoms with van der Waals surface area (Å²) in [4.78, 5) is 6.97. The molecule has 3 aromatic rings. The zero-order chi connectivity index (χ0) is 14.7. The van der Waals surface area contributed by atoms with Crippen molar-refractivity contribution in [3.8, 4) is 11.3 Å². The molecular weight excluding hydrogens is 278 g/mol. The number of benzene rings is 2. The third-order valence-corrected chi connectivity index (χ3v) is 4.15. The van der Waals surface area contributed by atoms with Gasteiger partial charge in [0, 0.05) is 28.9 Å². The van der Waals surface area contributed by atoms with Crippen LogP contribution in [0.2, 0.25) is 0 Å². The molecule has 0 fully saturated rings. The zero-order valence-corrected chi connectivity index (χ0v) is 12.7. The molecule has 3 rings (SSSR count). The minimum Gasteiger partial charge on any atom is -0.399 e. The maximum Gasteiger partial charge on any atom is 0.190 e. The van der Waals surface area contributed by atoms with E-state index in [9.17, 15) is 0 Å². The fourth-order valence-electron chi connectivity index (χ4n) is 2.26. The quantitative estimate of drug-likeness (QED) is 0.718. The number of thiazole rings is 1. The van der Waals surface area contributed by atoms with Gasteiger partial charge in [0.2, 0.25) is 0 Å². The topological polar surface area (TPSA) is 42.2 Å². The fourth-order valence-corrected chi connectivity index (χ4v) is 3.17. The molecule has 4 heteroatoms. The molecule has 0 spiro atoms. The first kappa shape index (κ1) is 13.6. The van der Waals surface area contributed by atoms with E-state index in [0.717, 1.165) is 34.3 Å². The molecule has 2 N–H and O–H groups in total. The Morgan fingerprint density at radius 1 is 1.10 bits per heavy atom. The highest BCUT2D eigenvalue weighted by atomic mass is 32.1. The van der Waals surface area contributed by atoms with Gasteiger partial charge in [0.1, 0.15) is 0 Å². The summed E-state index contributed by atoms with van der Waals surface area (Å²) in [5, 5.41) is 3.08. The van der Waals surface area contributed by atoms with Crippen LogP contribution < -0.4 is 10.6 Å². The lowest BCUT2D eigenvalue weighted by Crippen LogP contribution is -2.15. The predicted octanol–water partition coefficient (Wildman–Crippen LogP) is 4.55. The van der Waals surface area contributed by atoms with E-state index in [1.165, 1.54) is 0 Å². The van der Waals surface area contributed by atoms with Gasteiger partial charge in [-0.15, -0.1) is 11.3 Å². The van der Waals surface area contributed by atoms with Crippen molar-refractivity contribution in [3.05, 3.63) is 60.0 Å². The summed E-state index contributed by atoms with van der Waals surface area (Å²) in [5.74, 6) is 0. The first-order valence-corrected chi connectivity index (χ1v) is 7.80. The largest absolute Gasteiger partial charge is 0.399 e. The van der Waals surface area contributed by atoms with Gasteiger partial charge in [-0.05, 0) is 31.2 Å². The van der Waals surface area contributed by atoms with Crippen molar-refractivity contribution >= 4 is 27.8 Å². The number of hydrogen-bond acceptors (Lipinski definition) is 4. The first-order valence-electron chi connectivity index (χ1n) is 6.92. The van der Waals surface area contributed by atoms with Crippen LogP contribution in [0.5, 0.6) is 0 Å². The van der Waals surface area contributed by atoms with E-state index in [2.05, 4.69) is 29.3 Å². The highest BCUT2D eigenvalue weighted by Crippen LogP contribution is 2.32. The molecule has 0 saturated heterocycles. The van der Waals surface area contributed by atoms with Crippen LogP contribution in [0.4, 0.5) is 16.5 Å². The lowest BCUT2D eigenvalue weighted by Gasteiger charge is -2.19. The Morgan fingerprint density at radius 2 is 1.90 bits per heavy atom. The number of nitrogen functional groups attached to an aromatic ring is 1. The minimum atomic E-state index is 0.762. The van der Waals surface area contributed by atoms with Crippen molar-refractivity contribution in [3.63, 3.8) is 0 Å². The number of rotatable bonds is 4. The SMILES string of the molecule is CCN(c1ccccc1)c1nc(-c2cccc(N)c2)cs1. The summed E-state index contributed by atoms with van der Waals surface area (Å²) in [6.45, 7) is 3.02. The number of aromatic nitrogens is 1.